The lowest BCUT2D eigenvalue weighted by atomic mass is 10.1. The monoisotopic (exact) mass is 235 g/mol. The van der Waals surface area contributed by atoms with E-state index in [2.05, 4.69) is 16.5 Å². The Balaban J connectivity index is 2.95. The van der Waals surface area contributed by atoms with E-state index in [0.29, 0.717) is 6.61 Å². The summed E-state index contributed by atoms with van der Waals surface area (Å²) >= 11 is 0. The van der Waals surface area contributed by atoms with Gasteiger partial charge in [-0.15, -0.1) is 6.58 Å². The van der Waals surface area contributed by atoms with Crippen LogP contribution in [0.1, 0.15) is 18.5 Å². The molecule has 0 amide bonds. The van der Waals surface area contributed by atoms with Crippen LogP contribution in [0.5, 0.6) is 0 Å². The first-order valence-corrected chi connectivity index (χ1v) is 5.76. The molecular formula is C13H21N3O. The minimum absolute atomic E-state index is 0.0337. The van der Waals surface area contributed by atoms with Gasteiger partial charge in [0.05, 0.1) is 6.61 Å². The van der Waals surface area contributed by atoms with Crippen molar-refractivity contribution in [2.45, 2.75) is 13.0 Å². The Morgan fingerprint density at radius 3 is 3.00 bits per heavy atom. The molecule has 0 fully saturated rings. The van der Waals surface area contributed by atoms with E-state index < -0.39 is 0 Å². The molecule has 0 spiro atoms. The number of anilines is 1. The van der Waals surface area contributed by atoms with Crippen LogP contribution >= 0.6 is 0 Å². The zero-order valence-electron chi connectivity index (χ0n) is 10.6. The van der Waals surface area contributed by atoms with Gasteiger partial charge in [0.15, 0.2) is 0 Å². The summed E-state index contributed by atoms with van der Waals surface area (Å²) < 4.78 is 5.11. The molecule has 17 heavy (non-hydrogen) atoms. The Bertz CT molecular complexity index is 352. The number of hydrogen-bond acceptors (Lipinski definition) is 4. The van der Waals surface area contributed by atoms with Crippen molar-refractivity contribution in [3.05, 3.63) is 36.5 Å². The molecule has 1 atom stereocenters. The standard InChI is InChI=1S/C13H21N3O/c1-4-8-16(9-10-17-3)13-12(11(2)14)6-5-7-15-13/h4-7,11H,1,8-10,14H2,2-3H3/t11-/m1/s1. The molecular weight excluding hydrogens is 214 g/mol. The van der Waals surface area contributed by atoms with Gasteiger partial charge in [-0.05, 0) is 13.0 Å². The second-order valence-electron chi connectivity index (χ2n) is 3.93. The zero-order valence-corrected chi connectivity index (χ0v) is 10.6. The molecule has 1 heterocycles. The van der Waals surface area contributed by atoms with Crippen LogP contribution in [0.15, 0.2) is 31.0 Å². The summed E-state index contributed by atoms with van der Waals surface area (Å²) in [4.78, 5) is 6.53. The van der Waals surface area contributed by atoms with Gasteiger partial charge in [-0.3, -0.25) is 0 Å². The summed E-state index contributed by atoms with van der Waals surface area (Å²) in [5.74, 6) is 0.916. The second-order valence-corrected chi connectivity index (χ2v) is 3.93. The smallest absolute Gasteiger partial charge is 0.133 e. The van der Waals surface area contributed by atoms with E-state index in [1.54, 1.807) is 13.3 Å². The van der Waals surface area contributed by atoms with E-state index in [0.717, 1.165) is 24.5 Å². The van der Waals surface area contributed by atoms with Crippen molar-refractivity contribution < 1.29 is 4.74 Å². The molecule has 0 aromatic carbocycles. The molecule has 2 N–H and O–H groups in total. The molecule has 0 radical (unpaired) electrons. The van der Waals surface area contributed by atoms with Gasteiger partial charge < -0.3 is 15.4 Å². The average Bonchev–Trinajstić information content (AvgIpc) is 2.34. The summed E-state index contributed by atoms with van der Waals surface area (Å²) in [6, 6.07) is 3.88. The molecule has 1 rings (SSSR count). The van der Waals surface area contributed by atoms with Crippen LogP contribution in [0.4, 0.5) is 5.82 Å². The number of pyridine rings is 1. The summed E-state index contributed by atoms with van der Waals surface area (Å²) in [6.07, 6.45) is 3.64. The number of aromatic nitrogens is 1. The quantitative estimate of drug-likeness (QED) is 0.731. The topological polar surface area (TPSA) is 51.4 Å². The third-order valence-electron chi connectivity index (χ3n) is 2.52. The maximum Gasteiger partial charge on any atom is 0.133 e. The molecule has 1 aromatic rings. The van der Waals surface area contributed by atoms with E-state index in [-0.39, 0.29) is 6.04 Å². The number of methoxy groups -OCH3 is 1. The summed E-state index contributed by atoms with van der Waals surface area (Å²) in [5.41, 5.74) is 7.00. The van der Waals surface area contributed by atoms with Crippen molar-refractivity contribution in [2.75, 3.05) is 31.7 Å². The molecule has 0 aliphatic rings. The van der Waals surface area contributed by atoms with Gasteiger partial charge in [0.25, 0.3) is 0 Å². The molecule has 4 heteroatoms. The highest BCUT2D eigenvalue weighted by molar-refractivity contribution is 5.48. The fraction of sp³-hybridized carbons (Fsp3) is 0.462. The van der Waals surface area contributed by atoms with Crippen LogP contribution in [-0.4, -0.2) is 31.8 Å². The fourth-order valence-corrected chi connectivity index (χ4v) is 1.67. The van der Waals surface area contributed by atoms with Crippen LogP contribution in [0, 0.1) is 0 Å². The molecule has 1 aromatic heterocycles. The average molecular weight is 235 g/mol. The molecule has 0 saturated carbocycles. The fourth-order valence-electron chi connectivity index (χ4n) is 1.67. The first kappa shape index (κ1) is 13.7. The Kier molecular flexibility index (Phi) is 5.66. The summed E-state index contributed by atoms with van der Waals surface area (Å²) in [5, 5.41) is 0. The minimum Gasteiger partial charge on any atom is -0.383 e. The predicted octanol–water partition coefficient (Wildman–Crippen LogP) is 1.74. The molecule has 0 unspecified atom stereocenters. The molecule has 0 bridgehead atoms. The van der Waals surface area contributed by atoms with Gasteiger partial charge >= 0.3 is 0 Å². The van der Waals surface area contributed by atoms with E-state index in [4.69, 9.17) is 10.5 Å². The lowest BCUT2D eigenvalue weighted by Gasteiger charge is -2.25. The Hall–Kier alpha value is -1.39. The number of nitrogens with zero attached hydrogens (tertiary/aromatic N) is 2. The van der Waals surface area contributed by atoms with Crippen molar-refractivity contribution in [1.29, 1.82) is 0 Å². The van der Waals surface area contributed by atoms with Crippen LogP contribution in [-0.2, 0) is 4.74 Å². The highest BCUT2D eigenvalue weighted by Gasteiger charge is 2.13. The van der Waals surface area contributed by atoms with Crippen molar-refractivity contribution in [1.82, 2.24) is 4.98 Å². The minimum atomic E-state index is -0.0337. The van der Waals surface area contributed by atoms with Gasteiger partial charge in [0.1, 0.15) is 5.82 Å². The Morgan fingerprint density at radius 2 is 2.41 bits per heavy atom. The van der Waals surface area contributed by atoms with Gasteiger partial charge in [0.2, 0.25) is 0 Å². The first-order chi connectivity index (χ1) is 8.20. The summed E-state index contributed by atoms with van der Waals surface area (Å²) in [7, 11) is 1.69. The van der Waals surface area contributed by atoms with Crippen LogP contribution in [0.3, 0.4) is 0 Å². The third kappa shape index (κ3) is 3.84. The highest BCUT2D eigenvalue weighted by Crippen LogP contribution is 2.22. The molecule has 0 aliphatic heterocycles. The Morgan fingerprint density at radius 1 is 1.65 bits per heavy atom. The SMILES string of the molecule is C=CCN(CCOC)c1ncccc1[C@@H](C)N. The normalized spacial score (nSPS) is 12.2. The van der Waals surface area contributed by atoms with Gasteiger partial charge in [-0.25, -0.2) is 4.98 Å². The van der Waals surface area contributed by atoms with E-state index in [1.807, 2.05) is 25.1 Å². The summed E-state index contributed by atoms with van der Waals surface area (Å²) in [6.45, 7) is 7.90. The van der Waals surface area contributed by atoms with Gasteiger partial charge in [-0.1, -0.05) is 12.1 Å². The first-order valence-electron chi connectivity index (χ1n) is 5.76. The maximum atomic E-state index is 5.95. The van der Waals surface area contributed by atoms with Crippen molar-refractivity contribution in [2.24, 2.45) is 5.73 Å². The molecule has 4 nitrogen and oxygen atoms in total. The van der Waals surface area contributed by atoms with Gasteiger partial charge in [0, 0.05) is 38.0 Å². The lowest BCUT2D eigenvalue weighted by Crippen LogP contribution is -2.30. The molecule has 0 aliphatic carbocycles. The number of ether oxygens (including phenoxy) is 1. The lowest BCUT2D eigenvalue weighted by molar-refractivity contribution is 0.205. The van der Waals surface area contributed by atoms with Crippen molar-refractivity contribution in [3.8, 4) is 0 Å². The van der Waals surface area contributed by atoms with E-state index in [1.165, 1.54) is 0 Å². The highest BCUT2D eigenvalue weighted by atomic mass is 16.5. The second kappa shape index (κ2) is 7.04. The number of nitrogens with two attached hydrogens (primary N) is 1. The third-order valence-corrected chi connectivity index (χ3v) is 2.52. The largest absolute Gasteiger partial charge is 0.383 e. The van der Waals surface area contributed by atoms with Crippen molar-refractivity contribution >= 4 is 5.82 Å². The zero-order chi connectivity index (χ0) is 12.7. The van der Waals surface area contributed by atoms with E-state index in [9.17, 15) is 0 Å². The Labute approximate surface area is 103 Å². The van der Waals surface area contributed by atoms with Gasteiger partial charge in [-0.2, -0.15) is 0 Å². The van der Waals surface area contributed by atoms with Crippen LogP contribution in [0.2, 0.25) is 0 Å². The van der Waals surface area contributed by atoms with Crippen LogP contribution < -0.4 is 10.6 Å². The van der Waals surface area contributed by atoms with Crippen LogP contribution in [0.25, 0.3) is 0 Å². The van der Waals surface area contributed by atoms with E-state index >= 15 is 0 Å². The maximum absolute atomic E-state index is 5.95. The molecule has 94 valence electrons. The number of rotatable bonds is 7. The van der Waals surface area contributed by atoms with Crippen molar-refractivity contribution in [3.63, 3.8) is 0 Å². The molecule has 0 saturated heterocycles. The number of hydrogen-bond donors (Lipinski definition) is 1. The predicted molar refractivity (Wildman–Crippen MR) is 71.1 cm³/mol.